The number of carbonyl (C=O) groups excluding carboxylic acids is 1. The Morgan fingerprint density at radius 3 is 2.61 bits per heavy atom. The minimum Gasteiger partial charge on any atom is -0.379 e. The van der Waals surface area contributed by atoms with Crippen LogP contribution in [0.2, 0.25) is 0 Å². The van der Waals surface area contributed by atoms with E-state index in [9.17, 15) is 4.79 Å². The van der Waals surface area contributed by atoms with E-state index in [1.807, 2.05) is 13.8 Å². The first-order valence-corrected chi connectivity index (χ1v) is 6.09. The molecule has 0 spiro atoms. The normalized spacial score (nSPS) is 17.9. The van der Waals surface area contributed by atoms with Gasteiger partial charge < -0.3 is 4.74 Å². The molecule has 18 heavy (non-hydrogen) atoms. The van der Waals surface area contributed by atoms with E-state index in [4.69, 9.17) is 4.74 Å². The highest BCUT2D eigenvalue weighted by molar-refractivity contribution is 5.88. The summed E-state index contributed by atoms with van der Waals surface area (Å²) in [7, 11) is 1.69. The number of tetrazole rings is 1. The lowest BCUT2D eigenvalue weighted by Crippen LogP contribution is -2.55. The molecular weight excluding hydrogens is 234 g/mol. The summed E-state index contributed by atoms with van der Waals surface area (Å²) in [5, 5.41) is 11.6. The van der Waals surface area contributed by atoms with Gasteiger partial charge in [0.1, 0.15) is 0 Å². The van der Waals surface area contributed by atoms with E-state index >= 15 is 0 Å². The van der Waals surface area contributed by atoms with E-state index in [0.29, 0.717) is 19.0 Å². The molecule has 0 aromatic carbocycles. The van der Waals surface area contributed by atoms with E-state index < -0.39 is 5.54 Å². The van der Waals surface area contributed by atoms with Crippen molar-refractivity contribution >= 4 is 5.78 Å². The quantitative estimate of drug-likeness (QED) is 0.715. The van der Waals surface area contributed by atoms with Crippen LogP contribution in [0.4, 0.5) is 0 Å². The Bertz CT molecular complexity index is 423. The maximum absolute atomic E-state index is 12.3. The molecule has 0 amide bonds. The van der Waals surface area contributed by atoms with Crippen LogP contribution in [0.5, 0.6) is 0 Å². The number of aromatic nitrogens is 4. The van der Waals surface area contributed by atoms with Crippen molar-refractivity contribution in [1.82, 2.24) is 25.1 Å². The molecule has 1 aliphatic rings. The number of hydrogen-bond donors (Lipinski definition) is 0. The zero-order valence-corrected chi connectivity index (χ0v) is 11.1. The molecule has 1 fully saturated rings. The third-order valence-corrected chi connectivity index (χ3v) is 3.35. The number of nitrogens with zero attached hydrogens (tertiary/aromatic N) is 5. The van der Waals surface area contributed by atoms with Crippen LogP contribution < -0.4 is 0 Å². The Morgan fingerprint density at radius 1 is 1.39 bits per heavy atom. The number of morpholine rings is 1. The topological polar surface area (TPSA) is 73.1 Å². The molecule has 1 aliphatic heterocycles. The molecular formula is C11H19N5O2. The Kier molecular flexibility index (Phi) is 3.72. The number of Topliss-reactive ketones (excluding diaryl/α,β-unsaturated/α-hetero) is 1. The third-order valence-electron chi connectivity index (χ3n) is 3.35. The molecule has 2 rings (SSSR count). The van der Waals surface area contributed by atoms with Crippen LogP contribution in [-0.4, -0.2) is 62.7 Å². The standard InChI is InChI=1S/C11H19N5O2/c1-11(2,16-4-6-18-7-5-16)9(17)8-10-12-14-15(3)13-10/h4-8H2,1-3H3. The van der Waals surface area contributed by atoms with Gasteiger partial charge in [-0.2, -0.15) is 4.80 Å². The van der Waals surface area contributed by atoms with Crippen LogP contribution in [0.25, 0.3) is 0 Å². The smallest absolute Gasteiger partial charge is 0.182 e. The van der Waals surface area contributed by atoms with Crippen LogP contribution in [0.3, 0.4) is 0 Å². The van der Waals surface area contributed by atoms with Gasteiger partial charge in [0.05, 0.1) is 32.2 Å². The van der Waals surface area contributed by atoms with Crippen molar-refractivity contribution in [2.45, 2.75) is 25.8 Å². The molecule has 0 saturated carbocycles. The molecule has 100 valence electrons. The summed E-state index contributed by atoms with van der Waals surface area (Å²) >= 11 is 0. The highest BCUT2D eigenvalue weighted by Gasteiger charge is 2.35. The van der Waals surface area contributed by atoms with E-state index in [2.05, 4.69) is 20.3 Å². The monoisotopic (exact) mass is 253 g/mol. The predicted molar refractivity (Wildman–Crippen MR) is 64.0 cm³/mol. The van der Waals surface area contributed by atoms with Crippen LogP contribution in [0.15, 0.2) is 0 Å². The minimum atomic E-state index is -0.511. The van der Waals surface area contributed by atoms with Gasteiger partial charge in [-0.25, -0.2) is 0 Å². The van der Waals surface area contributed by atoms with Crippen LogP contribution in [0, 0.1) is 0 Å². The average Bonchev–Trinajstić information content (AvgIpc) is 2.76. The van der Waals surface area contributed by atoms with Gasteiger partial charge in [0.15, 0.2) is 11.6 Å². The van der Waals surface area contributed by atoms with Gasteiger partial charge in [-0.15, -0.1) is 10.2 Å². The number of ether oxygens (including phenoxy) is 1. The second kappa shape index (κ2) is 5.11. The fourth-order valence-corrected chi connectivity index (χ4v) is 2.05. The molecule has 0 N–H and O–H groups in total. The van der Waals surface area contributed by atoms with Crippen LogP contribution in [-0.2, 0) is 23.0 Å². The number of rotatable bonds is 4. The molecule has 1 saturated heterocycles. The van der Waals surface area contributed by atoms with Gasteiger partial charge in [0, 0.05) is 13.1 Å². The molecule has 7 heteroatoms. The highest BCUT2D eigenvalue weighted by Crippen LogP contribution is 2.18. The number of hydrogen-bond acceptors (Lipinski definition) is 6. The third kappa shape index (κ3) is 2.73. The van der Waals surface area contributed by atoms with Crippen molar-refractivity contribution < 1.29 is 9.53 Å². The molecule has 0 unspecified atom stereocenters. The lowest BCUT2D eigenvalue weighted by Gasteiger charge is -2.39. The van der Waals surface area contributed by atoms with E-state index in [0.717, 1.165) is 13.1 Å². The van der Waals surface area contributed by atoms with Crippen LogP contribution >= 0.6 is 0 Å². The molecule has 0 aliphatic carbocycles. The van der Waals surface area contributed by atoms with E-state index in [1.54, 1.807) is 7.05 Å². The largest absolute Gasteiger partial charge is 0.379 e. The Morgan fingerprint density at radius 2 is 2.06 bits per heavy atom. The van der Waals surface area contributed by atoms with Gasteiger partial charge >= 0.3 is 0 Å². The lowest BCUT2D eigenvalue weighted by molar-refractivity contribution is -0.131. The van der Waals surface area contributed by atoms with Gasteiger partial charge in [-0.3, -0.25) is 9.69 Å². The predicted octanol–water partition coefficient (Wildman–Crippen LogP) is -0.567. The van der Waals surface area contributed by atoms with Gasteiger partial charge in [0.25, 0.3) is 0 Å². The summed E-state index contributed by atoms with van der Waals surface area (Å²) in [6.45, 7) is 6.81. The van der Waals surface area contributed by atoms with Gasteiger partial charge in [-0.1, -0.05) is 0 Å². The summed E-state index contributed by atoms with van der Waals surface area (Å²) in [6.07, 6.45) is 0.220. The van der Waals surface area contributed by atoms with Crippen molar-refractivity contribution in [2.24, 2.45) is 7.05 Å². The summed E-state index contributed by atoms with van der Waals surface area (Å²) in [4.78, 5) is 15.9. The lowest BCUT2D eigenvalue weighted by atomic mass is 9.93. The van der Waals surface area contributed by atoms with Crippen molar-refractivity contribution in [1.29, 1.82) is 0 Å². The molecule has 0 atom stereocenters. The number of aryl methyl sites for hydroxylation is 1. The maximum Gasteiger partial charge on any atom is 0.182 e. The van der Waals surface area contributed by atoms with Gasteiger partial charge in [-0.05, 0) is 19.1 Å². The van der Waals surface area contributed by atoms with Gasteiger partial charge in [0.2, 0.25) is 0 Å². The fraction of sp³-hybridized carbons (Fsp3) is 0.818. The Balaban J connectivity index is 2.02. The fourth-order valence-electron chi connectivity index (χ4n) is 2.05. The first-order valence-electron chi connectivity index (χ1n) is 6.09. The molecule has 0 radical (unpaired) electrons. The van der Waals surface area contributed by atoms with Crippen molar-refractivity contribution in [2.75, 3.05) is 26.3 Å². The molecule has 2 heterocycles. The Labute approximate surface area is 106 Å². The van der Waals surface area contributed by atoms with Crippen molar-refractivity contribution in [3.63, 3.8) is 0 Å². The summed E-state index contributed by atoms with van der Waals surface area (Å²) in [5.74, 6) is 0.584. The summed E-state index contributed by atoms with van der Waals surface area (Å²) in [6, 6.07) is 0. The molecule has 1 aromatic heterocycles. The molecule has 0 bridgehead atoms. The maximum atomic E-state index is 12.3. The highest BCUT2D eigenvalue weighted by atomic mass is 16.5. The average molecular weight is 253 g/mol. The molecule has 1 aromatic rings. The summed E-state index contributed by atoms with van der Waals surface area (Å²) < 4.78 is 5.31. The zero-order valence-electron chi connectivity index (χ0n) is 11.1. The first-order chi connectivity index (χ1) is 8.50. The van der Waals surface area contributed by atoms with E-state index in [-0.39, 0.29) is 12.2 Å². The number of carbonyl (C=O) groups is 1. The first kappa shape index (κ1) is 13.1. The second-order valence-electron chi connectivity index (χ2n) is 4.95. The van der Waals surface area contributed by atoms with Crippen molar-refractivity contribution in [3.8, 4) is 0 Å². The van der Waals surface area contributed by atoms with Crippen LogP contribution in [0.1, 0.15) is 19.7 Å². The number of ketones is 1. The SMILES string of the molecule is Cn1nnc(CC(=O)C(C)(C)N2CCOCC2)n1. The van der Waals surface area contributed by atoms with Crippen molar-refractivity contribution in [3.05, 3.63) is 5.82 Å². The van der Waals surface area contributed by atoms with E-state index in [1.165, 1.54) is 4.80 Å². The minimum absolute atomic E-state index is 0.109. The Hall–Kier alpha value is -1.34. The summed E-state index contributed by atoms with van der Waals surface area (Å²) in [5.41, 5.74) is -0.511. The molecule has 7 nitrogen and oxygen atoms in total. The second-order valence-corrected chi connectivity index (χ2v) is 4.95. The zero-order chi connectivity index (χ0) is 13.2.